The highest BCUT2D eigenvalue weighted by Crippen LogP contribution is 2.27. The van der Waals surface area contributed by atoms with E-state index in [1.807, 2.05) is 7.11 Å². The predicted molar refractivity (Wildman–Crippen MR) is 61.0 cm³/mol. The zero-order valence-corrected chi connectivity index (χ0v) is 9.62. The molecule has 1 heterocycles. The summed E-state index contributed by atoms with van der Waals surface area (Å²) in [4.78, 5) is 4.38. The maximum absolute atomic E-state index is 5.46. The van der Waals surface area contributed by atoms with Crippen molar-refractivity contribution < 1.29 is 4.74 Å². The second kappa shape index (κ2) is 4.84. The molecule has 1 fully saturated rings. The fourth-order valence-corrected chi connectivity index (χ4v) is 2.43. The molecule has 15 heavy (non-hydrogen) atoms. The molecule has 2 aliphatic rings. The third kappa shape index (κ3) is 2.62. The van der Waals surface area contributed by atoms with Crippen molar-refractivity contribution >= 4 is 5.96 Å². The first-order valence-electron chi connectivity index (χ1n) is 5.87. The molecular weight excluding hydrogens is 190 g/mol. The quantitative estimate of drug-likeness (QED) is 0.723. The first-order chi connectivity index (χ1) is 7.29. The standard InChI is InChI=1S/C11H21N3O/c1-8-6-12-11(14-8)13-7-9-4-3-5-10(9)15-2/h8-10H,3-7H2,1-2H3,(H2,12,13,14). The lowest BCUT2D eigenvalue weighted by Crippen LogP contribution is -2.41. The van der Waals surface area contributed by atoms with Gasteiger partial charge in [0, 0.05) is 25.6 Å². The molecule has 2 N–H and O–H groups in total. The van der Waals surface area contributed by atoms with Gasteiger partial charge in [-0.05, 0) is 19.8 Å². The molecule has 4 heteroatoms. The van der Waals surface area contributed by atoms with Crippen LogP contribution in [-0.4, -0.2) is 38.3 Å². The number of hydrogen-bond donors (Lipinski definition) is 2. The van der Waals surface area contributed by atoms with Crippen LogP contribution in [0.3, 0.4) is 0 Å². The summed E-state index contributed by atoms with van der Waals surface area (Å²) in [6.07, 6.45) is 4.21. The lowest BCUT2D eigenvalue weighted by Gasteiger charge is -2.19. The van der Waals surface area contributed by atoms with E-state index in [0.29, 0.717) is 18.1 Å². The van der Waals surface area contributed by atoms with Gasteiger partial charge in [-0.2, -0.15) is 0 Å². The number of nitrogens with one attached hydrogen (secondary N) is 2. The van der Waals surface area contributed by atoms with Crippen LogP contribution in [-0.2, 0) is 4.74 Å². The number of nitrogens with zero attached hydrogens (tertiary/aromatic N) is 1. The van der Waals surface area contributed by atoms with E-state index in [2.05, 4.69) is 22.5 Å². The third-order valence-electron chi connectivity index (χ3n) is 3.33. The third-order valence-corrected chi connectivity index (χ3v) is 3.33. The normalized spacial score (nSPS) is 35.1. The van der Waals surface area contributed by atoms with Crippen molar-refractivity contribution in [2.45, 2.75) is 38.3 Å². The Labute approximate surface area is 91.5 Å². The summed E-state index contributed by atoms with van der Waals surface area (Å²) in [6.45, 7) is 4.02. The number of ether oxygens (including phenoxy) is 1. The Morgan fingerprint density at radius 1 is 1.53 bits per heavy atom. The van der Waals surface area contributed by atoms with Gasteiger partial charge < -0.3 is 15.4 Å². The van der Waals surface area contributed by atoms with Crippen LogP contribution in [0.4, 0.5) is 0 Å². The Morgan fingerprint density at radius 3 is 3.07 bits per heavy atom. The molecule has 4 nitrogen and oxygen atoms in total. The van der Waals surface area contributed by atoms with Crippen LogP contribution in [0.2, 0.25) is 0 Å². The molecule has 1 aliphatic heterocycles. The molecule has 0 radical (unpaired) electrons. The molecule has 0 amide bonds. The van der Waals surface area contributed by atoms with Crippen LogP contribution >= 0.6 is 0 Å². The van der Waals surface area contributed by atoms with Crippen molar-refractivity contribution in [3.05, 3.63) is 0 Å². The molecule has 0 aromatic carbocycles. The fraction of sp³-hybridized carbons (Fsp3) is 0.909. The van der Waals surface area contributed by atoms with Crippen LogP contribution in [0.25, 0.3) is 0 Å². The van der Waals surface area contributed by atoms with Gasteiger partial charge in [0.2, 0.25) is 0 Å². The summed E-state index contributed by atoms with van der Waals surface area (Å²) in [7, 11) is 1.82. The summed E-state index contributed by atoms with van der Waals surface area (Å²) < 4.78 is 5.46. The zero-order chi connectivity index (χ0) is 10.7. The molecule has 1 aliphatic carbocycles. The topological polar surface area (TPSA) is 45.6 Å². The molecular formula is C11H21N3O. The molecule has 0 bridgehead atoms. The van der Waals surface area contributed by atoms with Gasteiger partial charge in [0.25, 0.3) is 0 Å². The molecule has 0 aromatic rings. The number of aliphatic imine (C=N–C) groups is 1. The summed E-state index contributed by atoms with van der Waals surface area (Å²) in [5.74, 6) is 1.61. The zero-order valence-electron chi connectivity index (χ0n) is 9.62. The van der Waals surface area contributed by atoms with E-state index in [1.54, 1.807) is 0 Å². The van der Waals surface area contributed by atoms with Crippen LogP contribution in [0, 0.1) is 5.92 Å². The van der Waals surface area contributed by atoms with Crippen molar-refractivity contribution in [1.82, 2.24) is 10.6 Å². The van der Waals surface area contributed by atoms with Gasteiger partial charge in [-0.1, -0.05) is 6.42 Å². The van der Waals surface area contributed by atoms with Gasteiger partial charge >= 0.3 is 0 Å². The average molecular weight is 211 g/mol. The summed E-state index contributed by atoms with van der Waals surface area (Å²) in [5.41, 5.74) is 0. The maximum atomic E-state index is 5.46. The minimum absolute atomic E-state index is 0.442. The van der Waals surface area contributed by atoms with Gasteiger partial charge in [0.15, 0.2) is 5.96 Å². The first-order valence-corrected chi connectivity index (χ1v) is 5.87. The monoisotopic (exact) mass is 211 g/mol. The molecule has 2 rings (SSSR count). The molecule has 0 spiro atoms. The Bertz CT molecular complexity index is 242. The van der Waals surface area contributed by atoms with E-state index in [0.717, 1.165) is 19.0 Å². The Morgan fingerprint density at radius 2 is 2.40 bits per heavy atom. The lowest BCUT2D eigenvalue weighted by molar-refractivity contribution is 0.0726. The van der Waals surface area contributed by atoms with Crippen LogP contribution in [0.15, 0.2) is 4.99 Å². The number of methoxy groups -OCH3 is 1. The van der Waals surface area contributed by atoms with Crippen molar-refractivity contribution in [3.8, 4) is 0 Å². The molecule has 86 valence electrons. The number of rotatable bonds is 3. The highest BCUT2D eigenvalue weighted by atomic mass is 16.5. The van der Waals surface area contributed by atoms with Gasteiger partial charge in [0.05, 0.1) is 12.6 Å². The summed E-state index contributed by atoms with van der Waals surface area (Å²) in [6, 6.07) is 0.481. The van der Waals surface area contributed by atoms with Gasteiger partial charge in [-0.25, -0.2) is 0 Å². The fourth-order valence-electron chi connectivity index (χ4n) is 2.43. The molecule has 3 unspecified atom stereocenters. The van der Waals surface area contributed by atoms with E-state index >= 15 is 0 Å². The minimum Gasteiger partial charge on any atom is -0.381 e. The number of hydrogen-bond acceptors (Lipinski definition) is 4. The van der Waals surface area contributed by atoms with Crippen LogP contribution in [0.1, 0.15) is 26.2 Å². The SMILES string of the molecule is COC1CCCC1CNC1=NCC(C)N1. The smallest absolute Gasteiger partial charge is 0.191 e. The minimum atomic E-state index is 0.442. The van der Waals surface area contributed by atoms with E-state index in [-0.39, 0.29) is 0 Å². The van der Waals surface area contributed by atoms with Crippen LogP contribution < -0.4 is 10.6 Å². The van der Waals surface area contributed by atoms with Gasteiger partial charge in [-0.3, -0.25) is 4.99 Å². The Balaban J connectivity index is 1.73. The second-order valence-electron chi connectivity index (χ2n) is 4.58. The van der Waals surface area contributed by atoms with Crippen molar-refractivity contribution in [2.75, 3.05) is 20.2 Å². The van der Waals surface area contributed by atoms with E-state index in [9.17, 15) is 0 Å². The van der Waals surface area contributed by atoms with E-state index < -0.39 is 0 Å². The van der Waals surface area contributed by atoms with E-state index in [1.165, 1.54) is 19.3 Å². The van der Waals surface area contributed by atoms with Gasteiger partial charge in [-0.15, -0.1) is 0 Å². The lowest BCUT2D eigenvalue weighted by atomic mass is 10.1. The first kappa shape index (κ1) is 10.7. The average Bonchev–Trinajstić information content (AvgIpc) is 2.83. The second-order valence-corrected chi connectivity index (χ2v) is 4.58. The number of guanidine groups is 1. The van der Waals surface area contributed by atoms with Gasteiger partial charge in [0.1, 0.15) is 0 Å². The largest absolute Gasteiger partial charge is 0.381 e. The van der Waals surface area contributed by atoms with Crippen LogP contribution in [0.5, 0.6) is 0 Å². The van der Waals surface area contributed by atoms with Crippen molar-refractivity contribution in [1.29, 1.82) is 0 Å². The van der Waals surface area contributed by atoms with Crippen molar-refractivity contribution in [3.63, 3.8) is 0 Å². The molecule has 0 aromatic heterocycles. The van der Waals surface area contributed by atoms with E-state index in [4.69, 9.17) is 4.74 Å². The Kier molecular flexibility index (Phi) is 3.46. The molecule has 3 atom stereocenters. The molecule has 0 saturated heterocycles. The summed E-state index contributed by atoms with van der Waals surface area (Å²) in [5, 5.41) is 6.69. The Hall–Kier alpha value is -0.770. The molecule has 1 saturated carbocycles. The highest BCUT2D eigenvalue weighted by molar-refractivity contribution is 5.81. The predicted octanol–water partition coefficient (Wildman–Crippen LogP) is 0.739. The maximum Gasteiger partial charge on any atom is 0.191 e. The van der Waals surface area contributed by atoms with Crippen molar-refractivity contribution in [2.24, 2.45) is 10.9 Å². The highest BCUT2D eigenvalue weighted by Gasteiger charge is 2.27. The summed E-state index contributed by atoms with van der Waals surface area (Å²) >= 11 is 0.